The summed E-state index contributed by atoms with van der Waals surface area (Å²) in [5.74, 6) is 1.51. The number of rotatable bonds is 12. The van der Waals surface area contributed by atoms with Gasteiger partial charge in [-0.15, -0.1) is 11.6 Å². The van der Waals surface area contributed by atoms with Gasteiger partial charge in [-0.25, -0.2) is 4.39 Å². The molecule has 0 radical (unpaired) electrons. The van der Waals surface area contributed by atoms with Crippen molar-refractivity contribution in [3.8, 4) is 0 Å². The fourth-order valence-electron chi connectivity index (χ4n) is 5.99. The average Bonchev–Trinajstić information content (AvgIpc) is 2.91. The fraction of sp³-hybridized carbons (Fsp3) is 0.529. The summed E-state index contributed by atoms with van der Waals surface area (Å²) in [6, 6.07) is 16.4. The number of hydrogen-bond acceptors (Lipinski definition) is 0. The maximum Gasteiger partial charge on any atom is 0.131 e. The van der Waals surface area contributed by atoms with Crippen molar-refractivity contribution in [3.05, 3.63) is 89.3 Å². The lowest BCUT2D eigenvalue weighted by Gasteiger charge is -2.32. The zero-order chi connectivity index (χ0) is 25.2. The van der Waals surface area contributed by atoms with Gasteiger partial charge >= 0.3 is 0 Å². The first-order valence-corrected chi connectivity index (χ1v) is 14.8. The monoisotopic (exact) mass is 506 g/mol. The molecule has 2 aromatic rings. The molecule has 0 saturated heterocycles. The molecule has 0 nitrogen and oxygen atoms in total. The normalized spacial score (nSPS) is 24.0. The highest BCUT2D eigenvalue weighted by atomic mass is 35.5. The zero-order valence-corrected chi connectivity index (χ0v) is 22.9. The summed E-state index contributed by atoms with van der Waals surface area (Å²) in [5, 5.41) is 0. The van der Waals surface area contributed by atoms with Crippen molar-refractivity contribution in [2.45, 2.75) is 102 Å². The molecule has 4 rings (SSSR count). The molecule has 0 bridgehead atoms. The van der Waals surface area contributed by atoms with E-state index < -0.39 is 0 Å². The lowest BCUT2D eigenvalue weighted by atomic mass is 9.76. The molecule has 1 unspecified atom stereocenters. The van der Waals surface area contributed by atoms with Crippen molar-refractivity contribution in [1.82, 2.24) is 0 Å². The van der Waals surface area contributed by atoms with Crippen LogP contribution in [0.4, 0.5) is 4.39 Å². The van der Waals surface area contributed by atoms with Crippen LogP contribution < -0.4 is 0 Å². The highest BCUT2D eigenvalue weighted by Gasteiger charge is 2.29. The van der Waals surface area contributed by atoms with Gasteiger partial charge in [-0.2, -0.15) is 0 Å². The minimum Gasteiger partial charge on any atom is -0.206 e. The molecule has 2 aliphatic carbocycles. The van der Waals surface area contributed by atoms with Gasteiger partial charge < -0.3 is 0 Å². The predicted octanol–water partition coefficient (Wildman–Crippen LogP) is 10.5. The van der Waals surface area contributed by atoms with Crippen LogP contribution in [0.25, 0.3) is 5.57 Å². The van der Waals surface area contributed by atoms with Crippen LogP contribution in [-0.4, -0.2) is 4.87 Å². The number of alkyl halides is 1. The van der Waals surface area contributed by atoms with Gasteiger partial charge in [0.2, 0.25) is 0 Å². The van der Waals surface area contributed by atoms with Crippen LogP contribution in [0.3, 0.4) is 0 Å². The van der Waals surface area contributed by atoms with E-state index in [4.69, 9.17) is 11.6 Å². The van der Waals surface area contributed by atoms with Crippen LogP contribution in [-0.2, 0) is 12.8 Å². The zero-order valence-electron chi connectivity index (χ0n) is 22.2. The van der Waals surface area contributed by atoms with Gasteiger partial charge in [-0.05, 0) is 79.5 Å². The molecule has 2 heteroatoms. The Morgan fingerprint density at radius 2 is 1.50 bits per heavy atom. The average molecular weight is 507 g/mol. The van der Waals surface area contributed by atoms with Crippen LogP contribution in [0.15, 0.2) is 66.8 Å². The third-order valence-electron chi connectivity index (χ3n) is 8.53. The largest absolute Gasteiger partial charge is 0.206 e. The van der Waals surface area contributed by atoms with Crippen molar-refractivity contribution < 1.29 is 4.39 Å². The van der Waals surface area contributed by atoms with Crippen molar-refractivity contribution in [2.75, 3.05) is 0 Å². The summed E-state index contributed by atoms with van der Waals surface area (Å²) in [7, 11) is 0. The molecule has 2 aromatic carbocycles. The molecule has 0 aromatic heterocycles. The number of aryl methyl sites for hydroxylation is 2. The lowest BCUT2D eigenvalue weighted by Crippen LogP contribution is -2.23. The number of halogens is 2. The molecule has 0 aliphatic heterocycles. The summed E-state index contributed by atoms with van der Waals surface area (Å²) >= 11 is 6.96. The highest BCUT2D eigenvalue weighted by Crippen LogP contribution is 2.40. The van der Waals surface area contributed by atoms with E-state index in [0.29, 0.717) is 5.56 Å². The third kappa shape index (κ3) is 8.07. The quantitative estimate of drug-likeness (QED) is 0.198. The van der Waals surface area contributed by atoms with Gasteiger partial charge in [-0.3, -0.25) is 0 Å². The summed E-state index contributed by atoms with van der Waals surface area (Å²) < 4.78 is 14.1. The van der Waals surface area contributed by atoms with Crippen molar-refractivity contribution in [3.63, 3.8) is 0 Å². The number of benzene rings is 2. The van der Waals surface area contributed by atoms with E-state index in [-0.39, 0.29) is 10.7 Å². The van der Waals surface area contributed by atoms with Crippen molar-refractivity contribution in [1.29, 1.82) is 0 Å². The van der Waals surface area contributed by atoms with E-state index in [1.165, 1.54) is 94.2 Å². The Labute approximate surface area is 224 Å². The molecule has 0 amide bonds. The lowest BCUT2D eigenvalue weighted by molar-refractivity contribution is 0.246. The van der Waals surface area contributed by atoms with Crippen LogP contribution in [0.5, 0.6) is 0 Å². The summed E-state index contributed by atoms with van der Waals surface area (Å²) in [5.41, 5.74) is 4.63. The first-order chi connectivity index (χ1) is 17.5. The van der Waals surface area contributed by atoms with E-state index in [2.05, 4.69) is 43.3 Å². The van der Waals surface area contributed by atoms with Gasteiger partial charge in [-0.1, -0.05) is 113 Å². The first kappa shape index (κ1) is 27.2. The molecule has 36 heavy (non-hydrogen) atoms. The molecule has 1 atom stereocenters. The summed E-state index contributed by atoms with van der Waals surface area (Å²) in [6.07, 6.45) is 23.8. The standard InChI is InChI=1S/C34H44ClF/c1-2-3-4-5-8-27-11-13-28(14-12-27)15-16-29-17-19-30(20-18-29)21-24-34(35)25-22-31(23-26-34)32-9-6-7-10-33(32)36/h6-7,9-14,22-23,25,29-30H,2-5,8,15-21,24,26H2,1H3. The van der Waals surface area contributed by atoms with Crippen molar-refractivity contribution in [2.24, 2.45) is 11.8 Å². The number of unbranched alkanes of at least 4 members (excludes halogenated alkanes) is 3. The molecular formula is C34H44ClF. The third-order valence-corrected chi connectivity index (χ3v) is 8.99. The van der Waals surface area contributed by atoms with Crippen molar-refractivity contribution >= 4 is 17.2 Å². The van der Waals surface area contributed by atoms with Gasteiger partial charge in [0.25, 0.3) is 0 Å². The van der Waals surface area contributed by atoms with Crippen LogP contribution in [0, 0.1) is 17.7 Å². The van der Waals surface area contributed by atoms with Crippen LogP contribution in [0.1, 0.15) is 101 Å². The van der Waals surface area contributed by atoms with Gasteiger partial charge in [0.05, 0.1) is 4.87 Å². The molecular weight excluding hydrogens is 463 g/mol. The Balaban J connectivity index is 1.14. The number of allylic oxidation sites excluding steroid dienone is 4. The van der Waals surface area contributed by atoms with E-state index in [1.54, 1.807) is 6.07 Å². The Kier molecular flexibility index (Phi) is 10.3. The topological polar surface area (TPSA) is 0 Å². The maximum atomic E-state index is 14.1. The highest BCUT2D eigenvalue weighted by molar-refractivity contribution is 6.25. The minimum absolute atomic E-state index is 0.165. The molecule has 0 spiro atoms. The minimum atomic E-state index is -0.312. The van der Waals surface area contributed by atoms with Crippen LogP contribution >= 0.6 is 11.6 Å². The molecule has 1 saturated carbocycles. The van der Waals surface area contributed by atoms with Crippen LogP contribution in [0.2, 0.25) is 0 Å². The molecule has 0 heterocycles. The van der Waals surface area contributed by atoms with E-state index >= 15 is 0 Å². The second kappa shape index (κ2) is 13.6. The summed E-state index contributed by atoms with van der Waals surface area (Å²) in [6.45, 7) is 2.27. The Morgan fingerprint density at radius 3 is 2.14 bits per heavy atom. The molecule has 0 N–H and O–H groups in total. The second-order valence-corrected chi connectivity index (χ2v) is 12.1. The summed E-state index contributed by atoms with van der Waals surface area (Å²) in [4.78, 5) is -0.312. The number of hydrogen-bond donors (Lipinski definition) is 0. The Morgan fingerprint density at radius 1 is 0.833 bits per heavy atom. The SMILES string of the molecule is CCCCCCc1ccc(CCC2CCC(CCC3(Cl)C=CC(c4ccccc4F)=CC3)CC2)cc1. The Bertz CT molecular complexity index is 996. The van der Waals surface area contributed by atoms with E-state index in [1.807, 2.05) is 18.2 Å². The van der Waals surface area contributed by atoms with E-state index in [9.17, 15) is 4.39 Å². The van der Waals surface area contributed by atoms with Gasteiger partial charge in [0, 0.05) is 5.56 Å². The van der Waals surface area contributed by atoms with Gasteiger partial charge in [0.1, 0.15) is 5.82 Å². The second-order valence-electron chi connectivity index (χ2n) is 11.3. The molecule has 2 aliphatic rings. The predicted molar refractivity (Wildman–Crippen MR) is 154 cm³/mol. The smallest absolute Gasteiger partial charge is 0.131 e. The fourth-order valence-corrected chi connectivity index (χ4v) is 6.24. The molecule has 194 valence electrons. The first-order valence-electron chi connectivity index (χ1n) is 14.5. The van der Waals surface area contributed by atoms with Gasteiger partial charge in [0.15, 0.2) is 0 Å². The molecule has 1 fully saturated rings. The maximum absolute atomic E-state index is 14.1. The Hall–Kier alpha value is -1.86. The van der Waals surface area contributed by atoms with E-state index in [0.717, 1.165) is 30.3 Å².